The van der Waals surface area contributed by atoms with Gasteiger partial charge < -0.3 is 4.74 Å². The molecule has 1 rings (SSSR count). The molecule has 0 aliphatic rings. The van der Waals surface area contributed by atoms with Crippen LogP contribution in [-0.4, -0.2) is 33.3 Å². The van der Waals surface area contributed by atoms with E-state index in [4.69, 9.17) is 0 Å². The number of nitrogens with one attached hydrogen (secondary N) is 1. The molecule has 0 fully saturated rings. The Morgan fingerprint density at radius 2 is 2.26 bits per heavy atom. The first-order chi connectivity index (χ1) is 8.93. The van der Waals surface area contributed by atoms with Crippen molar-refractivity contribution in [1.29, 1.82) is 0 Å². The van der Waals surface area contributed by atoms with Gasteiger partial charge in [-0.1, -0.05) is 6.07 Å². The Hall–Kier alpha value is -0.920. The quantitative estimate of drug-likeness (QED) is 0.740. The summed E-state index contributed by atoms with van der Waals surface area (Å²) in [6.07, 6.45) is 1.07. The van der Waals surface area contributed by atoms with E-state index in [1.165, 1.54) is 7.11 Å². The first-order valence-corrected chi connectivity index (χ1v) is 8.55. The molecule has 7 heteroatoms. The molecule has 1 heterocycles. The van der Waals surface area contributed by atoms with Crippen molar-refractivity contribution in [3.63, 3.8) is 0 Å². The van der Waals surface area contributed by atoms with Gasteiger partial charge in [-0.3, -0.25) is 4.79 Å². The first-order valence-electron chi connectivity index (χ1n) is 6.02. The van der Waals surface area contributed by atoms with E-state index >= 15 is 0 Å². The van der Waals surface area contributed by atoms with Crippen LogP contribution in [0, 0.1) is 0 Å². The van der Waals surface area contributed by atoms with Crippen LogP contribution in [0.4, 0.5) is 0 Å². The molecule has 5 nitrogen and oxygen atoms in total. The summed E-state index contributed by atoms with van der Waals surface area (Å²) < 4.78 is 30.6. The molecule has 0 aliphatic heterocycles. The lowest BCUT2D eigenvalue weighted by Gasteiger charge is -2.13. The van der Waals surface area contributed by atoms with Crippen molar-refractivity contribution in [2.45, 2.75) is 32.2 Å². The second-order valence-electron chi connectivity index (χ2n) is 4.30. The molecule has 108 valence electrons. The van der Waals surface area contributed by atoms with Gasteiger partial charge in [0.2, 0.25) is 10.0 Å². The van der Waals surface area contributed by atoms with Gasteiger partial charge in [-0.05, 0) is 31.2 Å². The smallest absolute Gasteiger partial charge is 0.305 e. The van der Waals surface area contributed by atoms with Gasteiger partial charge in [-0.2, -0.15) is 0 Å². The molecule has 1 aromatic heterocycles. The molecule has 19 heavy (non-hydrogen) atoms. The lowest BCUT2D eigenvalue weighted by molar-refractivity contribution is -0.140. The van der Waals surface area contributed by atoms with Crippen LogP contribution < -0.4 is 4.72 Å². The molecule has 0 spiro atoms. The fourth-order valence-electron chi connectivity index (χ4n) is 1.65. The highest BCUT2D eigenvalue weighted by molar-refractivity contribution is 7.89. The first kappa shape index (κ1) is 16.1. The largest absolute Gasteiger partial charge is 0.469 e. The van der Waals surface area contributed by atoms with Gasteiger partial charge in [-0.25, -0.2) is 13.1 Å². The predicted octanol–water partition coefficient (Wildman–Crippen LogP) is 1.55. The molecule has 0 radical (unpaired) electrons. The maximum Gasteiger partial charge on any atom is 0.305 e. The number of carbonyl (C=O) groups is 1. The van der Waals surface area contributed by atoms with Gasteiger partial charge in [0.25, 0.3) is 0 Å². The van der Waals surface area contributed by atoms with E-state index in [1.807, 2.05) is 24.4 Å². The van der Waals surface area contributed by atoms with Gasteiger partial charge in [0.05, 0.1) is 12.9 Å². The summed E-state index contributed by atoms with van der Waals surface area (Å²) in [5.74, 6) is -0.446. The number of methoxy groups -OCH3 is 1. The number of rotatable bonds is 8. The van der Waals surface area contributed by atoms with E-state index in [9.17, 15) is 13.2 Å². The molecule has 0 saturated heterocycles. The molecule has 1 N–H and O–H groups in total. The van der Waals surface area contributed by atoms with Crippen LogP contribution in [0.25, 0.3) is 0 Å². The number of hydrogen-bond acceptors (Lipinski definition) is 5. The second kappa shape index (κ2) is 7.62. The summed E-state index contributed by atoms with van der Waals surface area (Å²) in [7, 11) is -2.05. The number of ether oxygens (including phenoxy) is 1. The van der Waals surface area contributed by atoms with E-state index < -0.39 is 10.0 Å². The van der Waals surface area contributed by atoms with Crippen LogP contribution in [0.5, 0.6) is 0 Å². The molecular formula is C12H19NO4S2. The Balaban J connectivity index is 2.35. The highest BCUT2D eigenvalue weighted by Crippen LogP contribution is 2.11. The van der Waals surface area contributed by atoms with Crippen LogP contribution in [-0.2, 0) is 26.0 Å². The standard InChI is InChI=1S/C12H19NO4S2/c1-10(9-11-5-3-7-18-11)13-19(15,16)8-4-6-12(14)17-2/h3,5,7,10,13H,4,6,8-9H2,1-2H3. The normalized spacial score (nSPS) is 13.2. The van der Waals surface area contributed by atoms with Crippen LogP contribution in [0.15, 0.2) is 17.5 Å². The average Bonchev–Trinajstić information content (AvgIpc) is 2.80. The summed E-state index contributed by atoms with van der Waals surface area (Å²) >= 11 is 1.61. The zero-order valence-electron chi connectivity index (χ0n) is 11.1. The van der Waals surface area contributed by atoms with E-state index in [-0.39, 0.29) is 30.6 Å². The molecular weight excluding hydrogens is 286 g/mol. The third kappa shape index (κ3) is 6.70. The molecule has 0 bridgehead atoms. The number of esters is 1. The van der Waals surface area contributed by atoms with E-state index in [0.717, 1.165) is 4.88 Å². The average molecular weight is 305 g/mol. The Morgan fingerprint density at radius 3 is 2.84 bits per heavy atom. The maximum atomic E-state index is 11.8. The van der Waals surface area contributed by atoms with Crippen molar-refractivity contribution in [3.05, 3.63) is 22.4 Å². The van der Waals surface area contributed by atoms with Crippen molar-refractivity contribution < 1.29 is 17.9 Å². The van der Waals surface area contributed by atoms with Crippen LogP contribution in [0.3, 0.4) is 0 Å². The Morgan fingerprint density at radius 1 is 1.53 bits per heavy atom. The molecule has 1 atom stereocenters. The molecule has 0 saturated carbocycles. The van der Waals surface area contributed by atoms with E-state index in [0.29, 0.717) is 6.42 Å². The topological polar surface area (TPSA) is 72.5 Å². The van der Waals surface area contributed by atoms with Gasteiger partial charge in [0, 0.05) is 17.3 Å². The van der Waals surface area contributed by atoms with Crippen molar-refractivity contribution in [2.24, 2.45) is 0 Å². The van der Waals surface area contributed by atoms with Gasteiger partial charge in [-0.15, -0.1) is 11.3 Å². The van der Waals surface area contributed by atoms with Crippen molar-refractivity contribution >= 4 is 27.3 Å². The second-order valence-corrected chi connectivity index (χ2v) is 7.21. The summed E-state index contributed by atoms with van der Waals surface area (Å²) in [5, 5.41) is 1.97. The molecule has 0 aromatic carbocycles. The minimum absolute atomic E-state index is 0.0587. The van der Waals surface area contributed by atoms with Gasteiger partial charge >= 0.3 is 5.97 Å². The highest BCUT2D eigenvalue weighted by atomic mass is 32.2. The minimum Gasteiger partial charge on any atom is -0.469 e. The Kier molecular flexibility index (Phi) is 6.47. The Bertz CT molecular complexity index is 482. The molecule has 1 unspecified atom stereocenters. The van der Waals surface area contributed by atoms with Crippen molar-refractivity contribution in [3.8, 4) is 0 Å². The fraction of sp³-hybridized carbons (Fsp3) is 0.583. The zero-order valence-corrected chi connectivity index (χ0v) is 12.7. The maximum absolute atomic E-state index is 11.8. The summed E-state index contributed by atoms with van der Waals surface area (Å²) in [5.41, 5.74) is 0. The van der Waals surface area contributed by atoms with E-state index in [1.54, 1.807) is 11.3 Å². The monoisotopic (exact) mass is 305 g/mol. The predicted molar refractivity (Wildman–Crippen MR) is 75.7 cm³/mol. The fourth-order valence-corrected chi connectivity index (χ4v) is 3.82. The van der Waals surface area contributed by atoms with Gasteiger partial charge in [0.1, 0.15) is 0 Å². The lowest BCUT2D eigenvalue weighted by Crippen LogP contribution is -2.35. The van der Waals surface area contributed by atoms with E-state index in [2.05, 4.69) is 9.46 Å². The summed E-state index contributed by atoms with van der Waals surface area (Å²) in [6, 6.07) is 3.77. The number of thiophene rings is 1. The highest BCUT2D eigenvalue weighted by Gasteiger charge is 2.15. The minimum atomic E-state index is -3.34. The van der Waals surface area contributed by atoms with Gasteiger partial charge in [0.15, 0.2) is 0 Å². The molecule has 1 aromatic rings. The third-order valence-corrected chi connectivity index (χ3v) is 4.98. The third-order valence-electron chi connectivity index (χ3n) is 2.49. The van der Waals surface area contributed by atoms with Crippen LogP contribution in [0.1, 0.15) is 24.6 Å². The van der Waals surface area contributed by atoms with Crippen LogP contribution in [0.2, 0.25) is 0 Å². The van der Waals surface area contributed by atoms with Crippen LogP contribution >= 0.6 is 11.3 Å². The lowest BCUT2D eigenvalue weighted by atomic mass is 10.2. The zero-order chi connectivity index (χ0) is 14.3. The SMILES string of the molecule is COC(=O)CCCS(=O)(=O)NC(C)Cc1cccs1. The van der Waals surface area contributed by atoms with Crippen molar-refractivity contribution in [2.75, 3.05) is 12.9 Å². The van der Waals surface area contributed by atoms with Crippen molar-refractivity contribution in [1.82, 2.24) is 4.72 Å². The summed E-state index contributed by atoms with van der Waals surface area (Å²) in [4.78, 5) is 12.0. The number of hydrogen-bond donors (Lipinski definition) is 1. The molecule has 0 aliphatic carbocycles. The number of sulfonamides is 1. The summed E-state index contributed by atoms with van der Waals surface area (Å²) in [6.45, 7) is 1.83. The molecule has 0 amide bonds. The number of carbonyl (C=O) groups excluding carboxylic acids is 1. The Labute approximate surface area is 118 Å².